The highest BCUT2D eigenvalue weighted by Crippen LogP contribution is 2.29. The summed E-state index contributed by atoms with van der Waals surface area (Å²) in [7, 11) is 0. The van der Waals surface area contributed by atoms with E-state index < -0.39 is 0 Å². The molecule has 1 amide bonds. The Morgan fingerprint density at radius 2 is 1.81 bits per heavy atom. The summed E-state index contributed by atoms with van der Waals surface area (Å²) in [6.45, 7) is 10.1. The molecule has 0 radical (unpaired) electrons. The zero-order valence-electron chi connectivity index (χ0n) is 16.0. The molecule has 3 heterocycles. The van der Waals surface area contributed by atoms with Crippen LogP contribution in [0.4, 0.5) is 5.82 Å². The maximum atomic E-state index is 12.8. The van der Waals surface area contributed by atoms with Gasteiger partial charge in [0.15, 0.2) is 0 Å². The fourth-order valence-electron chi connectivity index (χ4n) is 3.67. The number of amides is 1. The van der Waals surface area contributed by atoms with E-state index >= 15 is 0 Å². The van der Waals surface area contributed by atoms with Gasteiger partial charge in [0.25, 0.3) is 5.91 Å². The number of likely N-dealkylation sites (tertiary alicyclic amines) is 1. The molecule has 148 valence electrons. The lowest BCUT2D eigenvalue weighted by atomic mass is 9.79. The number of piperidine rings is 2. The molecule has 0 bridgehead atoms. The van der Waals surface area contributed by atoms with Crippen molar-refractivity contribution in [3.8, 4) is 0 Å². The molecule has 26 heavy (non-hydrogen) atoms. The van der Waals surface area contributed by atoms with Gasteiger partial charge >= 0.3 is 0 Å². The quantitative estimate of drug-likeness (QED) is 0.823. The van der Waals surface area contributed by atoms with E-state index in [0.29, 0.717) is 12.1 Å². The number of hydrogen-bond donors (Lipinski definition) is 1. The first-order valence-corrected chi connectivity index (χ1v) is 9.13. The van der Waals surface area contributed by atoms with E-state index in [1.807, 2.05) is 17.0 Å². The molecular weight excluding hydrogens is 371 g/mol. The summed E-state index contributed by atoms with van der Waals surface area (Å²) >= 11 is 0. The van der Waals surface area contributed by atoms with Gasteiger partial charge in [-0.05, 0) is 42.7 Å². The van der Waals surface area contributed by atoms with Crippen molar-refractivity contribution in [2.45, 2.75) is 46.1 Å². The molecule has 2 N–H and O–H groups in total. The highest BCUT2D eigenvalue weighted by atomic mass is 35.5. The molecule has 0 aliphatic carbocycles. The van der Waals surface area contributed by atoms with Crippen LogP contribution in [0.15, 0.2) is 18.3 Å². The average Bonchev–Trinajstić information content (AvgIpc) is 2.57. The summed E-state index contributed by atoms with van der Waals surface area (Å²) in [5, 5.41) is 0. The Morgan fingerprint density at radius 1 is 1.15 bits per heavy atom. The number of carbonyl (C=O) groups is 1. The Balaban J connectivity index is 0.00000169. The van der Waals surface area contributed by atoms with Crippen molar-refractivity contribution in [3.63, 3.8) is 0 Å². The monoisotopic (exact) mass is 402 g/mol. The minimum absolute atomic E-state index is 0. The fourth-order valence-corrected chi connectivity index (χ4v) is 3.67. The van der Waals surface area contributed by atoms with E-state index in [2.05, 4.69) is 30.7 Å². The van der Waals surface area contributed by atoms with Gasteiger partial charge in [-0.1, -0.05) is 20.8 Å². The molecule has 3 rings (SSSR count). The van der Waals surface area contributed by atoms with Gasteiger partial charge in [-0.2, -0.15) is 0 Å². The average molecular weight is 403 g/mol. The zero-order valence-corrected chi connectivity index (χ0v) is 17.6. The number of nitrogens with zero attached hydrogens (tertiary/aromatic N) is 3. The summed E-state index contributed by atoms with van der Waals surface area (Å²) in [4.78, 5) is 21.5. The maximum Gasteiger partial charge on any atom is 0.255 e. The van der Waals surface area contributed by atoms with Crippen LogP contribution in [0.1, 0.15) is 50.4 Å². The molecule has 1 aromatic heterocycles. The number of hydrogen-bond acceptors (Lipinski definition) is 4. The van der Waals surface area contributed by atoms with Gasteiger partial charge in [0.2, 0.25) is 0 Å². The first-order valence-electron chi connectivity index (χ1n) is 9.13. The Labute approximate surface area is 169 Å². The van der Waals surface area contributed by atoms with Gasteiger partial charge in [-0.15, -0.1) is 24.8 Å². The third-order valence-corrected chi connectivity index (χ3v) is 5.70. The Kier molecular flexibility index (Phi) is 8.18. The van der Waals surface area contributed by atoms with Crippen LogP contribution in [-0.4, -0.2) is 48.0 Å². The fraction of sp³-hybridized carbons (Fsp3) is 0.684. The lowest BCUT2D eigenvalue weighted by molar-refractivity contribution is 0.0532. The van der Waals surface area contributed by atoms with Crippen LogP contribution < -0.4 is 10.6 Å². The summed E-state index contributed by atoms with van der Waals surface area (Å²) in [6.07, 6.45) is 5.02. The molecule has 2 saturated heterocycles. The molecule has 0 aromatic carbocycles. The SMILES string of the molecule is CC1CCN(c2ccc(C(=O)N3CCC(N)C(C)(C)C3)cn2)CC1.Cl.Cl. The highest BCUT2D eigenvalue weighted by molar-refractivity contribution is 5.94. The number of anilines is 1. The van der Waals surface area contributed by atoms with Gasteiger partial charge in [0.05, 0.1) is 5.56 Å². The number of halogens is 2. The van der Waals surface area contributed by atoms with Crippen LogP contribution in [0.3, 0.4) is 0 Å². The van der Waals surface area contributed by atoms with E-state index in [0.717, 1.165) is 37.8 Å². The van der Waals surface area contributed by atoms with E-state index in [1.165, 1.54) is 12.8 Å². The highest BCUT2D eigenvalue weighted by Gasteiger charge is 2.35. The number of carbonyl (C=O) groups excluding carboxylic acids is 1. The van der Waals surface area contributed by atoms with E-state index in [9.17, 15) is 4.79 Å². The molecule has 1 atom stereocenters. The first-order chi connectivity index (χ1) is 11.4. The normalized spacial score (nSPS) is 23.0. The number of pyridine rings is 1. The first kappa shape index (κ1) is 23.0. The van der Waals surface area contributed by atoms with Gasteiger partial charge < -0.3 is 15.5 Å². The van der Waals surface area contributed by atoms with Crippen molar-refractivity contribution in [1.29, 1.82) is 0 Å². The van der Waals surface area contributed by atoms with Gasteiger partial charge in [0, 0.05) is 38.4 Å². The second kappa shape index (κ2) is 9.25. The summed E-state index contributed by atoms with van der Waals surface area (Å²) in [6, 6.07) is 4.07. The second-order valence-corrected chi connectivity index (χ2v) is 8.19. The molecule has 0 spiro atoms. The Morgan fingerprint density at radius 3 is 2.35 bits per heavy atom. The smallest absolute Gasteiger partial charge is 0.255 e. The van der Waals surface area contributed by atoms with E-state index in [-0.39, 0.29) is 42.2 Å². The zero-order chi connectivity index (χ0) is 17.3. The van der Waals surface area contributed by atoms with Crippen LogP contribution in [0.25, 0.3) is 0 Å². The minimum atomic E-state index is -0.0359. The maximum absolute atomic E-state index is 12.8. The van der Waals surface area contributed by atoms with Gasteiger partial charge in [0.1, 0.15) is 5.82 Å². The van der Waals surface area contributed by atoms with E-state index in [1.54, 1.807) is 6.20 Å². The number of rotatable bonds is 2. The predicted molar refractivity (Wildman–Crippen MR) is 112 cm³/mol. The Bertz CT molecular complexity index is 586. The lowest BCUT2D eigenvalue weighted by Gasteiger charge is -2.42. The van der Waals surface area contributed by atoms with Crippen LogP contribution in [0.5, 0.6) is 0 Å². The van der Waals surface area contributed by atoms with Crippen LogP contribution in [0, 0.1) is 11.3 Å². The molecule has 1 aromatic rings. The van der Waals surface area contributed by atoms with E-state index in [4.69, 9.17) is 5.73 Å². The molecular formula is C19H32Cl2N4O. The third kappa shape index (κ3) is 5.02. The molecule has 2 aliphatic heterocycles. The summed E-state index contributed by atoms with van der Waals surface area (Å²) in [5.74, 6) is 1.86. The summed E-state index contributed by atoms with van der Waals surface area (Å²) < 4.78 is 0. The van der Waals surface area contributed by atoms with Crippen molar-refractivity contribution in [2.24, 2.45) is 17.1 Å². The van der Waals surface area contributed by atoms with Crippen LogP contribution >= 0.6 is 24.8 Å². The van der Waals surface area contributed by atoms with Crippen molar-refractivity contribution in [3.05, 3.63) is 23.9 Å². The molecule has 1 unspecified atom stereocenters. The lowest BCUT2D eigenvalue weighted by Crippen LogP contribution is -2.54. The topological polar surface area (TPSA) is 62.5 Å². The molecule has 2 fully saturated rings. The molecule has 5 nitrogen and oxygen atoms in total. The van der Waals surface area contributed by atoms with Crippen molar-refractivity contribution in [1.82, 2.24) is 9.88 Å². The minimum Gasteiger partial charge on any atom is -0.357 e. The van der Waals surface area contributed by atoms with Crippen molar-refractivity contribution in [2.75, 3.05) is 31.1 Å². The van der Waals surface area contributed by atoms with Crippen molar-refractivity contribution < 1.29 is 4.79 Å². The summed E-state index contributed by atoms with van der Waals surface area (Å²) in [5.41, 5.74) is 6.81. The largest absolute Gasteiger partial charge is 0.357 e. The van der Waals surface area contributed by atoms with Crippen molar-refractivity contribution >= 4 is 36.5 Å². The molecule has 7 heteroatoms. The third-order valence-electron chi connectivity index (χ3n) is 5.70. The van der Waals surface area contributed by atoms with Gasteiger partial charge in [-0.3, -0.25) is 4.79 Å². The Hall–Kier alpha value is -1.04. The second-order valence-electron chi connectivity index (χ2n) is 8.19. The van der Waals surface area contributed by atoms with Crippen LogP contribution in [-0.2, 0) is 0 Å². The standard InChI is InChI=1S/C19H30N4O.2ClH/c1-14-6-9-22(10-7-14)17-5-4-15(12-21-17)18(24)23-11-8-16(20)19(2,3)13-23;;/h4-5,12,14,16H,6-11,13,20H2,1-3H3;2*1H. The molecule has 2 aliphatic rings. The number of nitrogens with two attached hydrogens (primary N) is 1. The van der Waals surface area contributed by atoms with Gasteiger partial charge in [-0.25, -0.2) is 4.98 Å². The predicted octanol–water partition coefficient (Wildman–Crippen LogP) is 3.36. The number of aromatic nitrogens is 1. The molecule has 0 saturated carbocycles. The van der Waals surface area contributed by atoms with Crippen LogP contribution in [0.2, 0.25) is 0 Å².